The van der Waals surface area contributed by atoms with E-state index in [4.69, 9.17) is 4.74 Å². The van der Waals surface area contributed by atoms with E-state index in [9.17, 15) is 4.79 Å². The Morgan fingerprint density at radius 2 is 1.88 bits per heavy atom. The molecule has 0 atom stereocenters. The first kappa shape index (κ1) is 16.2. The van der Waals surface area contributed by atoms with Gasteiger partial charge in [0.05, 0.1) is 12.8 Å². The van der Waals surface area contributed by atoms with Gasteiger partial charge >= 0.3 is 0 Å². The quantitative estimate of drug-likeness (QED) is 0.935. The summed E-state index contributed by atoms with van der Waals surface area (Å²) >= 11 is 0. The lowest BCUT2D eigenvalue weighted by atomic mass is 10.2. The van der Waals surface area contributed by atoms with Crippen LogP contribution in [0.4, 0.5) is 11.6 Å². The molecule has 0 aliphatic carbocycles. The van der Waals surface area contributed by atoms with E-state index in [-0.39, 0.29) is 5.91 Å². The highest BCUT2D eigenvalue weighted by molar-refractivity contribution is 6.03. The van der Waals surface area contributed by atoms with Crippen LogP contribution < -0.4 is 15.0 Å². The summed E-state index contributed by atoms with van der Waals surface area (Å²) in [5, 5.41) is 2.85. The smallest absolute Gasteiger partial charge is 0.274 e. The highest BCUT2D eigenvalue weighted by atomic mass is 16.5. The molecule has 1 aliphatic rings. The summed E-state index contributed by atoms with van der Waals surface area (Å²) in [7, 11) is 1.58. The minimum Gasteiger partial charge on any atom is -0.495 e. The molecule has 1 aromatic heterocycles. The van der Waals surface area contributed by atoms with Crippen LogP contribution in [0.5, 0.6) is 5.75 Å². The van der Waals surface area contributed by atoms with Gasteiger partial charge in [-0.2, -0.15) is 0 Å². The molecule has 1 saturated heterocycles. The first-order chi connectivity index (χ1) is 11.8. The number of methoxy groups -OCH3 is 1. The fourth-order valence-corrected chi connectivity index (χ4v) is 2.83. The second-order valence-corrected chi connectivity index (χ2v) is 5.80. The monoisotopic (exact) mass is 326 g/mol. The van der Waals surface area contributed by atoms with Crippen LogP contribution in [0.2, 0.25) is 0 Å². The number of rotatable bonds is 4. The van der Waals surface area contributed by atoms with Crippen molar-refractivity contribution in [2.24, 2.45) is 0 Å². The Hall–Kier alpha value is -2.63. The van der Waals surface area contributed by atoms with Crippen LogP contribution in [0.25, 0.3) is 0 Å². The van der Waals surface area contributed by atoms with E-state index in [2.05, 4.69) is 20.2 Å². The van der Waals surface area contributed by atoms with Crippen LogP contribution in [0.15, 0.2) is 36.5 Å². The summed E-state index contributed by atoms with van der Waals surface area (Å²) in [5.41, 5.74) is 0.982. The topological polar surface area (TPSA) is 67.3 Å². The average Bonchev–Trinajstić information content (AvgIpc) is 2.92. The summed E-state index contributed by atoms with van der Waals surface area (Å²) in [5.74, 6) is 0.982. The molecule has 1 amide bonds. The number of carbonyl (C=O) groups excluding carboxylic acids is 1. The van der Waals surface area contributed by atoms with E-state index in [1.165, 1.54) is 12.8 Å². The van der Waals surface area contributed by atoms with Gasteiger partial charge in [-0.25, -0.2) is 9.97 Å². The van der Waals surface area contributed by atoms with Gasteiger partial charge in [0.2, 0.25) is 5.95 Å². The van der Waals surface area contributed by atoms with Crippen molar-refractivity contribution in [3.63, 3.8) is 0 Å². The van der Waals surface area contributed by atoms with Gasteiger partial charge < -0.3 is 15.0 Å². The summed E-state index contributed by atoms with van der Waals surface area (Å²) in [6, 6.07) is 8.94. The molecule has 2 heterocycles. The fourth-order valence-electron chi connectivity index (χ4n) is 2.83. The number of carbonyl (C=O) groups is 1. The lowest BCUT2D eigenvalue weighted by Crippen LogP contribution is -2.27. The summed E-state index contributed by atoms with van der Waals surface area (Å²) in [6.07, 6.45) is 6.40. The molecule has 0 bridgehead atoms. The molecule has 0 saturated carbocycles. The molecule has 126 valence electrons. The number of para-hydroxylation sites is 2. The lowest BCUT2D eigenvalue weighted by Gasteiger charge is -2.20. The van der Waals surface area contributed by atoms with E-state index in [0.717, 1.165) is 25.9 Å². The highest BCUT2D eigenvalue weighted by Crippen LogP contribution is 2.23. The van der Waals surface area contributed by atoms with Crippen molar-refractivity contribution in [1.29, 1.82) is 0 Å². The Labute approximate surface area is 141 Å². The van der Waals surface area contributed by atoms with E-state index in [1.54, 1.807) is 31.5 Å². The molecule has 1 aromatic carbocycles. The molecule has 3 rings (SSSR count). The van der Waals surface area contributed by atoms with Crippen molar-refractivity contribution in [1.82, 2.24) is 9.97 Å². The Morgan fingerprint density at radius 3 is 2.62 bits per heavy atom. The van der Waals surface area contributed by atoms with Crippen LogP contribution in [-0.2, 0) is 0 Å². The van der Waals surface area contributed by atoms with Crippen LogP contribution in [-0.4, -0.2) is 36.1 Å². The standard InChI is InChI=1S/C18H22N4O2/c1-24-16-9-5-4-8-14(16)20-17(23)15-10-11-19-18(21-15)22-12-6-2-3-7-13-22/h4-5,8-11H,2-3,6-7,12-13H2,1H3,(H,20,23). The van der Waals surface area contributed by atoms with Crippen LogP contribution >= 0.6 is 0 Å². The van der Waals surface area contributed by atoms with Crippen LogP contribution in [0.3, 0.4) is 0 Å². The second kappa shape index (κ2) is 7.77. The summed E-state index contributed by atoms with van der Waals surface area (Å²) in [4.78, 5) is 23.5. The summed E-state index contributed by atoms with van der Waals surface area (Å²) < 4.78 is 5.26. The average molecular weight is 326 g/mol. The first-order valence-corrected chi connectivity index (χ1v) is 8.30. The normalized spacial score (nSPS) is 14.8. The molecule has 1 aliphatic heterocycles. The molecule has 0 radical (unpaired) electrons. The molecule has 24 heavy (non-hydrogen) atoms. The lowest BCUT2D eigenvalue weighted by molar-refractivity contribution is 0.102. The molecule has 1 N–H and O–H groups in total. The largest absolute Gasteiger partial charge is 0.495 e. The first-order valence-electron chi connectivity index (χ1n) is 8.30. The predicted molar refractivity (Wildman–Crippen MR) is 93.7 cm³/mol. The van der Waals surface area contributed by atoms with Crippen molar-refractivity contribution in [3.05, 3.63) is 42.2 Å². The third-order valence-electron chi connectivity index (χ3n) is 4.12. The summed E-state index contributed by atoms with van der Waals surface area (Å²) in [6.45, 7) is 1.88. The predicted octanol–water partition coefficient (Wildman–Crippen LogP) is 3.12. The molecule has 6 nitrogen and oxygen atoms in total. The molecule has 2 aromatic rings. The Kier molecular flexibility index (Phi) is 5.25. The third kappa shape index (κ3) is 3.82. The van der Waals surface area contributed by atoms with Crippen molar-refractivity contribution in [2.45, 2.75) is 25.7 Å². The SMILES string of the molecule is COc1ccccc1NC(=O)c1ccnc(N2CCCCCC2)n1. The van der Waals surface area contributed by atoms with E-state index >= 15 is 0 Å². The van der Waals surface area contributed by atoms with Crippen LogP contribution in [0.1, 0.15) is 36.2 Å². The molecule has 1 fully saturated rings. The number of amides is 1. The number of aromatic nitrogens is 2. The zero-order chi connectivity index (χ0) is 16.8. The number of nitrogens with one attached hydrogen (secondary N) is 1. The van der Waals surface area contributed by atoms with Crippen molar-refractivity contribution in [2.75, 3.05) is 30.4 Å². The Balaban J connectivity index is 1.76. The van der Waals surface area contributed by atoms with Crippen molar-refractivity contribution < 1.29 is 9.53 Å². The van der Waals surface area contributed by atoms with Gasteiger partial charge in [-0.1, -0.05) is 25.0 Å². The second-order valence-electron chi connectivity index (χ2n) is 5.80. The molecule has 0 unspecified atom stereocenters. The van der Waals surface area contributed by atoms with Gasteiger partial charge in [-0.3, -0.25) is 4.79 Å². The molecular formula is C18H22N4O2. The zero-order valence-electron chi connectivity index (χ0n) is 13.9. The maximum absolute atomic E-state index is 12.5. The molecular weight excluding hydrogens is 304 g/mol. The fraction of sp³-hybridized carbons (Fsp3) is 0.389. The van der Waals surface area contributed by atoms with Crippen molar-refractivity contribution >= 4 is 17.5 Å². The number of ether oxygens (including phenoxy) is 1. The minimum atomic E-state index is -0.266. The number of nitrogens with zero attached hydrogens (tertiary/aromatic N) is 3. The van der Waals surface area contributed by atoms with Gasteiger partial charge in [0.25, 0.3) is 5.91 Å². The van der Waals surface area contributed by atoms with E-state index in [0.29, 0.717) is 23.1 Å². The number of hydrogen-bond acceptors (Lipinski definition) is 5. The van der Waals surface area contributed by atoms with Gasteiger partial charge in [0.15, 0.2) is 0 Å². The van der Waals surface area contributed by atoms with Gasteiger partial charge in [0, 0.05) is 19.3 Å². The van der Waals surface area contributed by atoms with Gasteiger partial charge in [-0.15, -0.1) is 0 Å². The molecule has 0 spiro atoms. The van der Waals surface area contributed by atoms with E-state index in [1.807, 2.05) is 12.1 Å². The molecule has 6 heteroatoms. The Bertz CT molecular complexity index is 697. The van der Waals surface area contributed by atoms with E-state index < -0.39 is 0 Å². The highest BCUT2D eigenvalue weighted by Gasteiger charge is 2.16. The van der Waals surface area contributed by atoms with Gasteiger partial charge in [-0.05, 0) is 31.0 Å². The zero-order valence-corrected chi connectivity index (χ0v) is 13.9. The minimum absolute atomic E-state index is 0.266. The number of anilines is 2. The third-order valence-corrected chi connectivity index (χ3v) is 4.12. The van der Waals surface area contributed by atoms with Gasteiger partial charge in [0.1, 0.15) is 11.4 Å². The Morgan fingerprint density at radius 1 is 1.12 bits per heavy atom. The number of hydrogen-bond donors (Lipinski definition) is 1. The van der Waals surface area contributed by atoms with Crippen molar-refractivity contribution in [3.8, 4) is 5.75 Å². The number of benzene rings is 1. The van der Waals surface area contributed by atoms with Crippen LogP contribution in [0, 0.1) is 0 Å². The maximum atomic E-state index is 12.5. The maximum Gasteiger partial charge on any atom is 0.274 e.